The van der Waals surface area contributed by atoms with Gasteiger partial charge in [-0.05, 0) is 56.5 Å². The molecule has 0 rings (SSSR count). The predicted molar refractivity (Wildman–Crippen MR) is 88.6 cm³/mol. The summed E-state index contributed by atoms with van der Waals surface area (Å²) < 4.78 is 0. The summed E-state index contributed by atoms with van der Waals surface area (Å²) in [5.41, 5.74) is 1.09. The normalized spacial score (nSPS) is 17.1. The topological polar surface area (TPSA) is 3.24 Å². The van der Waals surface area contributed by atoms with Crippen LogP contribution in [0, 0.1) is 16.7 Å². The van der Waals surface area contributed by atoms with Crippen LogP contribution in [0.15, 0.2) is 0 Å². The standard InChI is InChI=1S/C18H39N/c1-11-18(19(9)10,14-15(2)3)17(7,8)13-12-16(4,5)6/h15H,11-14H2,1-10H3. The van der Waals surface area contributed by atoms with Gasteiger partial charge in [-0.15, -0.1) is 0 Å². The van der Waals surface area contributed by atoms with E-state index in [4.69, 9.17) is 0 Å². The minimum absolute atomic E-state index is 0.312. The summed E-state index contributed by atoms with van der Waals surface area (Å²) >= 11 is 0. The molecular formula is C18H39N. The van der Waals surface area contributed by atoms with Gasteiger partial charge in [-0.1, -0.05) is 55.4 Å². The van der Waals surface area contributed by atoms with Gasteiger partial charge < -0.3 is 4.90 Å². The maximum atomic E-state index is 2.50. The predicted octanol–water partition coefficient (Wildman–Crippen LogP) is 5.60. The third kappa shape index (κ3) is 5.10. The second kappa shape index (κ2) is 6.61. The molecule has 0 heterocycles. The average molecular weight is 270 g/mol. The van der Waals surface area contributed by atoms with Gasteiger partial charge in [0, 0.05) is 5.54 Å². The third-order valence-corrected chi connectivity index (χ3v) is 4.95. The lowest BCUT2D eigenvalue weighted by atomic mass is 9.62. The van der Waals surface area contributed by atoms with Crippen molar-refractivity contribution in [3.63, 3.8) is 0 Å². The van der Waals surface area contributed by atoms with Crippen molar-refractivity contribution in [2.75, 3.05) is 14.1 Å². The lowest BCUT2D eigenvalue weighted by molar-refractivity contribution is -0.0163. The Bertz CT molecular complexity index is 257. The van der Waals surface area contributed by atoms with E-state index < -0.39 is 0 Å². The van der Waals surface area contributed by atoms with Crippen LogP contribution in [0.4, 0.5) is 0 Å². The van der Waals surface area contributed by atoms with Crippen LogP contribution in [0.5, 0.6) is 0 Å². The zero-order valence-electron chi connectivity index (χ0n) is 15.4. The van der Waals surface area contributed by atoms with Crippen LogP contribution in [0.3, 0.4) is 0 Å². The van der Waals surface area contributed by atoms with Gasteiger partial charge in [0.1, 0.15) is 0 Å². The van der Waals surface area contributed by atoms with Crippen LogP contribution in [0.1, 0.15) is 81.1 Å². The van der Waals surface area contributed by atoms with E-state index in [1.54, 1.807) is 0 Å². The van der Waals surface area contributed by atoms with Crippen LogP contribution < -0.4 is 0 Å². The maximum Gasteiger partial charge on any atom is 0.0254 e. The minimum Gasteiger partial charge on any atom is -0.303 e. The highest BCUT2D eigenvalue weighted by molar-refractivity contribution is 5.00. The van der Waals surface area contributed by atoms with Crippen LogP contribution >= 0.6 is 0 Å². The fraction of sp³-hybridized carbons (Fsp3) is 1.00. The summed E-state index contributed by atoms with van der Waals surface area (Å²) in [6.07, 6.45) is 5.12. The van der Waals surface area contributed by atoms with E-state index in [9.17, 15) is 0 Å². The first kappa shape index (κ1) is 19.0. The molecule has 1 nitrogen and oxygen atoms in total. The molecule has 0 spiro atoms. The van der Waals surface area contributed by atoms with E-state index in [-0.39, 0.29) is 0 Å². The molecule has 0 N–H and O–H groups in total. The van der Waals surface area contributed by atoms with Gasteiger partial charge >= 0.3 is 0 Å². The summed E-state index contributed by atoms with van der Waals surface area (Å²) in [5.74, 6) is 0.747. The van der Waals surface area contributed by atoms with Crippen molar-refractivity contribution in [3.05, 3.63) is 0 Å². The van der Waals surface area contributed by atoms with E-state index in [2.05, 4.69) is 74.4 Å². The fourth-order valence-electron chi connectivity index (χ4n) is 3.60. The Hall–Kier alpha value is -0.0400. The molecule has 0 saturated heterocycles. The SMILES string of the molecule is CCC(CC(C)C)(N(C)C)C(C)(C)CCC(C)(C)C. The molecule has 1 atom stereocenters. The molecule has 0 aromatic rings. The van der Waals surface area contributed by atoms with E-state index in [0.29, 0.717) is 16.4 Å². The van der Waals surface area contributed by atoms with E-state index in [0.717, 1.165) is 5.92 Å². The molecule has 19 heavy (non-hydrogen) atoms. The summed E-state index contributed by atoms with van der Waals surface area (Å²) in [7, 11) is 4.54. The van der Waals surface area contributed by atoms with Crippen LogP contribution in [-0.4, -0.2) is 24.5 Å². The number of hydrogen-bond donors (Lipinski definition) is 0. The molecule has 0 radical (unpaired) electrons. The molecule has 0 fully saturated rings. The Kier molecular flexibility index (Phi) is 6.59. The molecule has 0 aliphatic carbocycles. The van der Waals surface area contributed by atoms with Gasteiger partial charge in [-0.25, -0.2) is 0 Å². The fourth-order valence-corrected chi connectivity index (χ4v) is 3.60. The number of rotatable bonds is 7. The van der Waals surface area contributed by atoms with E-state index >= 15 is 0 Å². The van der Waals surface area contributed by atoms with Gasteiger partial charge in [-0.2, -0.15) is 0 Å². The Labute approximate surface area is 123 Å². The van der Waals surface area contributed by atoms with Gasteiger partial charge in [0.2, 0.25) is 0 Å². The molecule has 0 amide bonds. The van der Waals surface area contributed by atoms with Gasteiger partial charge in [0.25, 0.3) is 0 Å². The summed E-state index contributed by atoms with van der Waals surface area (Å²) in [6.45, 7) is 19.1. The summed E-state index contributed by atoms with van der Waals surface area (Å²) in [6, 6.07) is 0. The van der Waals surface area contributed by atoms with Crippen LogP contribution in [0.25, 0.3) is 0 Å². The smallest absolute Gasteiger partial charge is 0.0254 e. The average Bonchev–Trinajstić information content (AvgIpc) is 2.21. The third-order valence-electron chi connectivity index (χ3n) is 4.95. The molecule has 0 aliphatic rings. The van der Waals surface area contributed by atoms with E-state index in [1.165, 1.54) is 25.7 Å². The molecule has 116 valence electrons. The largest absolute Gasteiger partial charge is 0.303 e. The van der Waals surface area contributed by atoms with Gasteiger partial charge in [0.05, 0.1) is 0 Å². The molecular weight excluding hydrogens is 230 g/mol. The first-order chi connectivity index (χ1) is 8.38. The highest BCUT2D eigenvalue weighted by atomic mass is 15.2. The molecule has 0 saturated carbocycles. The van der Waals surface area contributed by atoms with Crippen molar-refractivity contribution in [2.45, 2.75) is 86.6 Å². The Morgan fingerprint density at radius 3 is 1.63 bits per heavy atom. The monoisotopic (exact) mass is 269 g/mol. The highest BCUT2D eigenvalue weighted by Gasteiger charge is 2.45. The lowest BCUT2D eigenvalue weighted by Crippen LogP contribution is -2.55. The highest BCUT2D eigenvalue weighted by Crippen LogP contribution is 2.46. The first-order valence-electron chi connectivity index (χ1n) is 8.05. The van der Waals surface area contributed by atoms with Crippen LogP contribution in [-0.2, 0) is 0 Å². The van der Waals surface area contributed by atoms with Crippen molar-refractivity contribution >= 4 is 0 Å². The Morgan fingerprint density at radius 1 is 0.895 bits per heavy atom. The van der Waals surface area contributed by atoms with E-state index in [1.807, 2.05) is 0 Å². The van der Waals surface area contributed by atoms with Crippen molar-refractivity contribution < 1.29 is 0 Å². The van der Waals surface area contributed by atoms with Crippen molar-refractivity contribution in [3.8, 4) is 0 Å². The Balaban J connectivity index is 5.21. The molecule has 0 aromatic heterocycles. The first-order valence-corrected chi connectivity index (χ1v) is 8.05. The molecule has 0 aromatic carbocycles. The number of nitrogens with zero attached hydrogens (tertiary/aromatic N) is 1. The minimum atomic E-state index is 0.312. The Morgan fingerprint density at radius 2 is 1.37 bits per heavy atom. The van der Waals surface area contributed by atoms with Gasteiger partial charge in [0.15, 0.2) is 0 Å². The zero-order valence-corrected chi connectivity index (χ0v) is 15.4. The molecule has 1 unspecified atom stereocenters. The van der Waals surface area contributed by atoms with Crippen LogP contribution in [0.2, 0.25) is 0 Å². The number of hydrogen-bond acceptors (Lipinski definition) is 1. The molecule has 0 bridgehead atoms. The van der Waals surface area contributed by atoms with Crippen molar-refractivity contribution in [2.24, 2.45) is 16.7 Å². The molecule has 1 heteroatoms. The lowest BCUT2D eigenvalue weighted by Gasteiger charge is -2.53. The second-order valence-corrected chi connectivity index (χ2v) is 8.82. The van der Waals surface area contributed by atoms with Crippen molar-refractivity contribution in [1.29, 1.82) is 0 Å². The summed E-state index contributed by atoms with van der Waals surface area (Å²) in [4.78, 5) is 2.50. The van der Waals surface area contributed by atoms with Crippen molar-refractivity contribution in [1.82, 2.24) is 4.90 Å². The molecule has 0 aliphatic heterocycles. The quantitative estimate of drug-likeness (QED) is 0.582. The summed E-state index contributed by atoms with van der Waals surface area (Å²) in [5, 5.41) is 0. The zero-order chi connectivity index (χ0) is 15.5. The second-order valence-electron chi connectivity index (χ2n) is 8.82. The maximum absolute atomic E-state index is 2.50. The van der Waals surface area contributed by atoms with Gasteiger partial charge in [-0.3, -0.25) is 0 Å².